The Labute approximate surface area is 178 Å². The Morgan fingerprint density at radius 1 is 1.16 bits per heavy atom. The van der Waals surface area contributed by atoms with Crippen LogP contribution in [-0.4, -0.2) is 57.0 Å². The van der Waals surface area contributed by atoms with Crippen molar-refractivity contribution in [3.05, 3.63) is 30.0 Å². The number of halogens is 2. The van der Waals surface area contributed by atoms with Gasteiger partial charge >= 0.3 is 0 Å². The van der Waals surface area contributed by atoms with E-state index >= 15 is 0 Å². The lowest BCUT2D eigenvalue weighted by molar-refractivity contribution is 0.342. The van der Waals surface area contributed by atoms with Crippen LogP contribution in [0.3, 0.4) is 0 Å². The number of nitrogens with zero attached hydrogens (tertiary/aromatic N) is 5. The van der Waals surface area contributed by atoms with Gasteiger partial charge in [-0.3, -0.25) is 0 Å². The lowest BCUT2D eigenvalue weighted by Crippen LogP contribution is -2.30. The van der Waals surface area contributed by atoms with Gasteiger partial charge in [-0.2, -0.15) is 5.10 Å². The summed E-state index contributed by atoms with van der Waals surface area (Å²) in [6.07, 6.45) is 7.22. The van der Waals surface area contributed by atoms with E-state index in [4.69, 9.17) is 9.84 Å². The third-order valence-corrected chi connectivity index (χ3v) is 6.14. The van der Waals surface area contributed by atoms with Crippen molar-refractivity contribution in [1.82, 2.24) is 29.9 Å². The van der Waals surface area contributed by atoms with Crippen molar-refractivity contribution in [2.24, 2.45) is 0 Å². The molecule has 0 aromatic carbocycles. The van der Waals surface area contributed by atoms with Gasteiger partial charge in [0, 0.05) is 25.1 Å². The number of alkyl halides is 1. The molecule has 0 bridgehead atoms. The van der Waals surface area contributed by atoms with Crippen LogP contribution >= 0.6 is 0 Å². The van der Waals surface area contributed by atoms with Crippen molar-refractivity contribution in [3.8, 4) is 17.1 Å². The average Bonchev–Trinajstić information content (AvgIpc) is 3.40. The molecule has 164 valence electrons. The zero-order chi connectivity index (χ0) is 21.4. The molecule has 0 spiro atoms. The van der Waals surface area contributed by atoms with Crippen LogP contribution in [0.2, 0.25) is 0 Å². The molecule has 2 N–H and O–H groups in total. The second-order valence-electron chi connectivity index (χ2n) is 8.16. The van der Waals surface area contributed by atoms with Crippen molar-refractivity contribution in [2.75, 3.05) is 25.5 Å². The summed E-state index contributed by atoms with van der Waals surface area (Å²) in [6.45, 7) is 0.730. The van der Waals surface area contributed by atoms with Crippen molar-refractivity contribution in [3.63, 3.8) is 0 Å². The monoisotopic (exact) mass is 429 g/mol. The first kappa shape index (κ1) is 20.0. The van der Waals surface area contributed by atoms with Crippen LogP contribution in [-0.2, 0) is 0 Å². The van der Waals surface area contributed by atoms with Crippen molar-refractivity contribution in [1.29, 1.82) is 0 Å². The molecule has 8 nitrogen and oxygen atoms in total. The zero-order valence-corrected chi connectivity index (χ0v) is 17.3. The minimum atomic E-state index is -1.06. The van der Waals surface area contributed by atoms with E-state index in [1.165, 1.54) is 12.6 Å². The molecule has 4 heterocycles. The summed E-state index contributed by atoms with van der Waals surface area (Å²) < 4.78 is 35.8. The fraction of sp³-hybridized carbons (Fsp3) is 0.524. The van der Waals surface area contributed by atoms with E-state index in [2.05, 4.69) is 25.6 Å². The molecule has 1 aliphatic heterocycles. The van der Waals surface area contributed by atoms with Crippen LogP contribution < -0.4 is 15.4 Å². The van der Waals surface area contributed by atoms with Gasteiger partial charge in [0.2, 0.25) is 5.95 Å². The number of hydrogen-bond acceptors (Lipinski definition) is 7. The number of ether oxygens (including phenoxy) is 1. The summed E-state index contributed by atoms with van der Waals surface area (Å²) in [7, 11) is 1.63. The lowest BCUT2D eigenvalue weighted by Gasteiger charge is -2.22. The van der Waals surface area contributed by atoms with Crippen LogP contribution in [0.25, 0.3) is 17.0 Å². The topological polar surface area (TPSA) is 89.3 Å². The molecular weight excluding hydrogens is 404 g/mol. The summed E-state index contributed by atoms with van der Waals surface area (Å²) in [5.74, 6) is 0.575. The number of rotatable bonds is 5. The first-order valence-corrected chi connectivity index (χ1v) is 10.7. The van der Waals surface area contributed by atoms with E-state index in [9.17, 15) is 8.78 Å². The molecule has 10 heteroatoms. The summed E-state index contributed by atoms with van der Waals surface area (Å²) in [4.78, 5) is 12.7. The molecule has 1 saturated carbocycles. The molecule has 5 rings (SSSR count). The second-order valence-corrected chi connectivity index (χ2v) is 8.16. The highest BCUT2D eigenvalue weighted by molar-refractivity contribution is 5.62. The lowest BCUT2D eigenvalue weighted by atomic mass is 9.86. The Balaban J connectivity index is 1.54. The molecule has 31 heavy (non-hydrogen) atoms. The summed E-state index contributed by atoms with van der Waals surface area (Å²) in [5, 5.41) is 10.7. The predicted octanol–water partition coefficient (Wildman–Crippen LogP) is 3.10. The van der Waals surface area contributed by atoms with E-state index in [1.54, 1.807) is 11.6 Å². The number of hydrogen-bond donors (Lipinski definition) is 2. The largest absolute Gasteiger partial charge is 0.495 e. The standard InChI is InChI=1S/C21H25F2N7O/c1-31-17-7-18-25-11-16(30(18)29-19(17)12-5-3-2-4-6-12)20-14(23)9-26-21(28-20)27-15-10-24-8-13(15)22/h7,9,11-13,15,24H,2-6,8,10H2,1H3,(H,26,27,28)/t13-,15-/m0/s1. The molecule has 0 radical (unpaired) electrons. The highest BCUT2D eigenvalue weighted by Gasteiger charge is 2.28. The third kappa shape index (κ3) is 3.80. The van der Waals surface area contributed by atoms with Gasteiger partial charge in [0.1, 0.15) is 29.0 Å². The zero-order valence-electron chi connectivity index (χ0n) is 17.3. The summed E-state index contributed by atoms with van der Waals surface area (Å²) in [5.41, 5.74) is 1.89. The van der Waals surface area contributed by atoms with Crippen LogP contribution in [0.15, 0.2) is 18.5 Å². The van der Waals surface area contributed by atoms with E-state index in [0.717, 1.165) is 37.6 Å². The Hall–Kier alpha value is -2.88. The fourth-order valence-electron chi connectivity index (χ4n) is 4.47. The highest BCUT2D eigenvalue weighted by Crippen LogP contribution is 2.37. The Morgan fingerprint density at radius 3 is 2.74 bits per heavy atom. The number of nitrogens with one attached hydrogen (secondary N) is 2. The van der Waals surface area contributed by atoms with Gasteiger partial charge in [0.05, 0.1) is 25.5 Å². The molecule has 2 fully saturated rings. The average molecular weight is 429 g/mol. The Kier molecular flexibility index (Phi) is 5.39. The Morgan fingerprint density at radius 2 is 2.00 bits per heavy atom. The van der Waals surface area contributed by atoms with Gasteiger partial charge in [-0.05, 0) is 12.8 Å². The van der Waals surface area contributed by atoms with Crippen molar-refractivity contribution >= 4 is 11.6 Å². The van der Waals surface area contributed by atoms with E-state index in [-0.39, 0.29) is 18.2 Å². The van der Waals surface area contributed by atoms with Crippen LogP contribution in [0.1, 0.15) is 43.7 Å². The first-order valence-electron chi connectivity index (χ1n) is 10.7. The molecule has 3 aromatic heterocycles. The quantitative estimate of drug-likeness (QED) is 0.644. The minimum absolute atomic E-state index is 0.0682. The maximum atomic E-state index is 14.7. The van der Waals surface area contributed by atoms with Gasteiger partial charge < -0.3 is 15.4 Å². The highest BCUT2D eigenvalue weighted by atomic mass is 19.1. The molecule has 0 unspecified atom stereocenters. The summed E-state index contributed by atoms with van der Waals surface area (Å²) in [6, 6.07) is 1.37. The molecule has 2 aliphatic rings. The molecular formula is C21H25F2N7O. The second kappa shape index (κ2) is 8.33. The van der Waals surface area contributed by atoms with E-state index in [0.29, 0.717) is 29.6 Å². The fourth-order valence-corrected chi connectivity index (χ4v) is 4.47. The van der Waals surface area contributed by atoms with Gasteiger partial charge in [0.15, 0.2) is 11.5 Å². The maximum absolute atomic E-state index is 14.7. The van der Waals surface area contributed by atoms with Gasteiger partial charge in [-0.25, -0.2) is 28.2 Å². The van der Waals surface area contributed by atoms with Gasteiger partial charge in [-0.1, -0.05) is 19.3 Å². The maximum Gasteiger partial charge on any atom is 0.223 e. The minimum Gasteiger partial charge on any atom is -0.495 e. The molecule has 3 aromatic rings. The van der Waals surface area contributed by atoms with Crippen molar-refractivity contribution in [2.45, 2.75) is 50.2 Å². The molecule has 0 amide bonds. The third-order valence-electron chi connectivity index (χ3n) is 6.14. The molecule has 1 aliphatic carbocycles. The van der Waals surface area contributed by atoms with E-state index < -0.39 is 18.0 Å². The predicted molar refractivity (Wildman–Crippen MR) is 112 cm³/mol. The van der Waals surface area contributed by atoms with Gasteiger partial charge in [-0.15, -0.1) is 0 Å². The normalized spacial score (nSPS) is 22.2. The van der Waals surface area contributed by atoms with Crippen LogP contribution in [0, 0.1) is 5.82 Å². The van der Waals surface area contributed by atoms with Gasteiger partial charge in [0.25, 0.3) is 0 Å². The van der Waals surface area contributed by atoms with Crippen molar-refractivity contribution < 1.29 is 13.5 Å². The number of imidazole rings is 1. The molecule has 2 atom stereocenters. The van der Waals surface area contributed by atoms with Crippen LogP contribution in [0.5, 0.6) is 5.75 Å². The first-order chi connectivity index (χ1) is 15.1. The summed E-state index contributed by atoms with van der Waals surface area (Å²) >= 11 is 0. The molecule has 1 saturated heterocycles. The number of methoxy groups -OCH3 is 1. The SMILES string of the molecule is COc1cc2ncc(-c3nc(N[C@H]4CNC[C@@H]4F)ncc3F)n2nc1C1CCCCC1. The van der Waals surface area contributed by atoms with Crippen LogP contribution in [0.4, 0.5) is 14.7 Å². The number of anilines is 1. The smallest absolute Gasteiger partial charge is 0.223 e. The van der Waals surface area contributed by atoms with E-state index in [1.807, 2.05) is 6.07 Å². The Bertz CT molecular complexity index is 1080. The number of aromatic nitrogens is 5. The number of fused-ring (bicyclic) bond motifs is 1.